The molecule has 0 spiro atoms. The van der Waals surface area contributed by atoms with Crippen LogP contribution >= 0.6 is 11.8 Å². The zero-order chi connectivity index (χ0) is 11.7. The van der Waals surface area contributed by atoms with Gasteiger partial charge in [-0.1, -0.05) is 42.1 Å². The lowest BCUT2D eigenvalue weighted by molar-refractivity contribution is 0.650. The monoisotopic (exact) mass is 244 g/mol. The summed E-state index contributed by atoms with van der Waals surface area (Å²) in [6.45, 7) is 0. The van der Waals surface area contributed by atoms with Crippen LogP contribution in [0.15, 0.2) is 46.6 Å². The Balaban J connectivity index is 2.01. The Morgan fingerprint density at radius 1 is 1.12 bits per heavy atom. The van der Waals surface area contributed by atoms with E-state index in [1.54, 1.807) is 11.8 Å². The maximum absolute atomic E-state index is 5.95. The van der Waals surface area contributed by atoms with Gasteiger partial charge in [-0.25, -0.2) is 4.99 Å². The molecule has 2 N–H and O–H groups in total. The minimum absolute atomic E-state index is 0.393. The molecule has 0 radical (unpaired) electrons. The smallest absolute Gasteiger partial charge is 0.159 e. The number of allylic oxidation sites excluding steroid dienone is 1. The fourth-order valence-electron chi connectivity index (χ4n) is 2.57. The average Bonchev–Trinajstić information content (AvgIpc) is 2.39. The molecular formula is C14H16N2S. The molecule has 17 heavy (non-hydrogen) atoms. The number of aliphatic imine (C=N–C) groups is 1. The largest absolute Gasteiger partial charge is 0.378 e. The lowest BCUT2D eigenvalue weighted by Gasteiger charge is -2.29. The molecule has 1 aromatic carbocycles. The number of benzene rings is 1. The normalized spacial score (nSPS) is 24.2. The van der Waals surface area contributed by atoms with Crippen LogP contribution in [0.3, 0.4) is 0 Å². The van der Waals surface area contributed by atoms with Crippen LogP contribution in [-0.2, 0) is 0 Å². The number of amidine groups is 1. The summed E-state index contributed by atoms with van der Waals surface area (Å²) in [6, 6.07) is 10.6. The molecule has 3 rings (SSSR count). The van der Waals surface area contributed by atoms with E-state index in [1.165, 1.54) is 36.1 Å². The summed E-state index contributed by atoms with van der Waals surface area (Å²) >= 11 is 1.70. The van der Waals surface area contributed by atoms with Crippen molar-refractivity contribution in [3.05, 3.63) is 47.2 Å². The van der Waals surface area contributed by atoms with Gasteiger partial charge in [-0.15, -0.1) is 0 Å². The Labute approximate surface area is 106 Å². The van der Waals surface area contributed by atoms with E-state index in [2.05, 4.69) is 35.3 Å². The van der Waals surface area contributed by atoms with Crippen molar-refractivity contribution in [3.63, 3.8) is 0 Å². The van der Waals surface area contributed by atoms with Gasteiger partial charge < -0.3 is 5.73 Å². The van der Waals surface area contributed by atoms with Gasteiger partial charge in [-0.05, 0) is 36.8 Å². The van der Waals surface area contributed by atoms with Gasteiger partial charge in [0.2, 0.25) is 0 Å². The zero-order valence-electron chi connectivity index (χ0n) is 9.73. The van der Waals surface area contributed by atoms with Crippen LogP contribution in [0.2, 0.25) is 0 Å². The molecular weight excluding hydrogens is 228 g/mol. The van der Waals surface area contributed by atoms with Crippen molar-refractivity contribution in [3.8, 4) is 0 Å². The van der Waals surface area contributed by atoms with Crippen molar-refractivity contribution in [2.24, 2.45) is 10.7 Å². The third kappa shape index (κ3) is 2.12. The Bertz CT molecular complexity index is 476. The van der Waals surface area contributed by atoms with Gasteiger partial charge in [-0.3, -0.25) is 0 Å². The van der Waals surface area contributed by atoms with Crippen molar-refractivity contribution in [2.75, 3.05) is 0 Å². The van der Waals surface area contributed by atoms with Gasteiger partial charge in [0.05, 0.1) is 5.25 Å². The lowest BCUT2D eigenvalue weighted by atomic mass is 9.91. The molecule has 0 fully saturated rings. The molecule has 1 heterocycles. The molecule has 1 aromatic rings. The van der Waals surface area contributed by atoms with Crippen molar-refractivity contribution in [1.82, 2.24) is 0 Å². The Morgan fingerprint density at radius 2 is 1.88 bits per heavy atom. The highest BCUT2D eigenvalue weighted by atomic mass is 32.2. The highest BCUT2D eigenvalue weighted by Crippen LogP contribution is 2.45. The van der Waals surface area contributed by atoms with Crippen LogP contribution in [0, 0.1) is 0 Å². The van der Waals surface area contributed by atoms with Crippen LogP contribution in [0.4, 0.5) is 0 Å². The molecule has 0 unspecified atom stereocenters. The Morgan fingerprint density at radius 3 is 2.71 bits per heavy atom. The molecule has 1 atom stereocenters. The van der Waals surface area contributed by atoms with Crippen molar-refractivity contribution < 1.29 is 0 Å². The van der Waals surface area contributed by atoms with Crippen LogP contribution in [-0.4, -0.2) is 5.17 Å². The SMILES string of the molecule is NC1=NC2=C(CCCC2)[C@@H](c2ccccc2)S1. The van der Waals surface area contributed by atoms with E-state index in [4.69, 9.17) is 5.73 Å². The third-order valence-electron chi connectivity index (χ3n) is 3.38. The standard InChI is InChI=1S/C14H16N2S/c15-14-16-12-9-5-4-8-11(12)13(17-14)10-6-2-1-3-7-10/h1-3,6-7,13H,4-5,8-9H2,(H2,15,16)/t13-/m1/s1. The summed E-state index contributed by atoms with van der Waals surface area (Å²) in [5.74, 6) is 0. The first-order chi connectivity index (χ1) is 8.34. The van der Waals surface area contributed by atoms with Gasteiger partial charge >= 0.3 is 0 Å². The number of hydrogen-bond acceptors (Lipinski definition) is 3. The van der Waals surface area contributed by atoms with E-state index in [1.807, 2.05) is 0 Å². The molecule has 0 amide bonds. The summed E-state index contributed by atoms with van der Waals surface area (Å²) < 4.78 is 0. The van der Waals surface area contributed by atoms with Crippen LogP contribution < -0.4 is 5.73 Å². The number of nitrogens with two attached hydrogens (primary N) is 1. The number of rotatable bonds is 1. The van der Waals surface area contributed by atoms with E-state index in [9.17, 15) is 0 Å². The Kier molecular flexibility index (Phi) is 2.93. The first-order valence-electron chi connectivity index (χ1n) is 6.12. The Hall–Kier alpha value is -1.22. The van der Waals surface area contributed by atoms with Gasteiger partial charge in [0, 0.05) is 5.70 Å². The molecule has 1 aliphatic heterocycles. The zero-order valence-corrected chi connectivity index (χ0v) is 10.5. The first-order valence-corrected chi connectivity index (χ1v) is 7.00. The number of hydrogen-bond donors (Lipinski definition) is 1. The minimum atomic E-state index is 0.393. The van der Waals surface area contributed by atoms with Gasteiger partial charge in [-0.2, -0.15) is 0 Å². The van der Waals surface area contributed by atoms with Crippen LogP contribution in [0.5, 0.6) is 0 Å². The summed E-state index contributed by atoms with van der Waals surface area (Å²) in [6.07, 6.45) is 4.82. The summed E-state index contributed by atoms with van der Waals surface area (Å²) in [4.78, 5) is 4.52. The molecule has 0 saturated carbocycles. The summed E-state index contributed by atoms with van der Waals surface area (Å²) in [5, 5.41) is 1.11. The van der Waals surface area contributed by atoms with E-state index < -0.39 is 0 Å². The van der Waals surface area contributed by atoms with E-state index in [0.29, 0.717) is 5.25 Å². The third-order valence-corrected chi connectivity index (χ3v) is 4.51. The first kappa shape index (κ1) is 10.9. The van der Waals surface area contributed by atoms with Crippen LogP contribution in [0.1, 0.15) is 36.5 Å². The fraction of sp³-hybridized carbons (Fsp3) is 0.357. The summed E-state index contributed by atoms with van der Waals surface area (Å²) in [7, 11) is 0. The highest BCUT2D eigenvalue weighted by Gasteiger charge is 2.27. The van der Waals surface area contributed by atoms with Gasteiger partial charge in [0.25, 0.3) is 0 Å². The lowest BCUT2D eigenvalue weighted by Crippen LogP contribution is -2.18. The predicted molar refractivity (Wildman–Crippen MR) is 73.9 cm³/mol. The topological polar surface area (TPSA) is 38.4 Å². The molecule has 88 valence electrons. The molecule has 2 aliphatic rings. The van der Waals surface area contributed by atoms with E-state index >= 15 is 0 Å². The maximum Gasteiger partial charge on any atom is 0.159 e. The molecule has 0 bridgehead atoms. The molecule has 3 heteroatoms. The average molecular weight is 244 g/mol. The van der Waals surface area contributed by atoms with Crippen molar-refractivity contribution in [1.29, 1.82) is 0 Å². The second-order valence-electron chi connectivity index (χ2n) is 4.54. The van der Waals surface area contributed by atoms with Crippen LogP contribution in [0.25, 0.3) is 0 Å². The highest BCUT2D eigenvalue weighted by molar-refractivity contribution is 8.14. The van der Waals surface area contributed by atoms with E-state index in [-0.39, 0.29) is 0 Å². The molecule has 2 nitrogen and oxygen atoms in total. The van der Waals surface area contributed by atoms with Gasteiger partial charge in [0.15, 0.2) is 5.17 Å². The maximum atomic E-state index is 5.95. The quantitative estimate of drug-likeness (QED) is 0.819. The summed E-state index contributed by atoms with van der Waals surface area (Å²) in [5.41, 5.74) is 10.1. The number of nitrogens with zero attached hydrogens (tertiary/aromatic N) is 1. The minimum Gasteiger partial charge on any atom is -0.378 e. The molecule has 0 saturated heterocycles. The van der Waals surface area contributed by atoms with Crippen molar-refractivity contribution >= 4 is 16.9 Å². The second kappa shape index (κ2) is 4.57. The van der Waals surface area contributed by atoms with Crippen molar-refractivity contribution in [2.45, 2.75) is 30.9 Å². The van der Waals surface area contributed by atoms with Gasteiger partial charge in [0.1, 0.15) is 0 Å². The fourth-order valence-corrected chi connectivity index (χ4v) is 3.66. The number of thioether (sulfide) groups is 1. The second-order valence-corrected chi connectivity index (χ2v) is 5.66. The molecule has 0 aromatic heterocycles. The predicted octanol–water partition coefficient (Wildman–Crippen LogP) is 3.62. The van der Waals surface area contributed by atoms with E-state index in [0.717, 1.165) is 11.6 Å². The molecule has 1 aliphatic carbocycles.